The Morgan fingerprint density at radius 2 is 1.82 bits per heavy atom. The maximum Gasteiger partial charge on any atom is 0.294 e. The Morgan fingerprint density at radius 3 is 2.46 bits per heavy atom. The molecule has 0 aliphatic carbocycles. The summed E-state index contributed by atoms with van der Waals surface area (Å²) in [5.74, 6) is -0.891. The number of aromatic hydroxyl groups is 1. The first kappa shape index (κ1) is 19.7. The normalized spacial score (nSPS) is 15.4. The molecule has 2 aromatic rings. The summed E-state index contributed by atoms with van der Waals surface area (Å²) in [4.78, 5) is 38.3. The molecule has 3 amide bonds. The molecule has 1 heterocycles. The van der Waals surface area contributed by atoms with Crippen molar-refractivity contribution in [2.24, 2.45) is 0 Å². The summed E-state index contributed by atoms with van der Waals surface area (Å²) in [5.41, 5.74) is 4.22. The SMILES string of the molecule is Cc1cc(C)c(NC(=O)CN2C(=O)S/C(=C/c3cccc(O)c3)C2=O)c(C)c1. The number of amides is 3. The predicted octanol–water partition coefficient (Wildman–Crippen LogP) is 3.99. The van der Waals surface area contributed by atoms with Crippen LogP contribution >= 0.6 is 11.8 Å². The van der Waals surface area contributed by atoms with Crippen LogP contribution in [-0.4, -0.2) is 33.6 Å². The van der Waals surface area contributed by atoms with Crippen molar-refractivity contribution in [1.29, 1.82) is 0 Å². The third-order valence-corrected chi connectivity index (χ3v) is 5.19. The molecular weight excluding hydrogens is 376 g/mol. The second-order valence-corrected chi connectivity index (χ2v) is 7.68. The zero-order chi connectivity index (χ0) is 20.4. The summed E-state index contributed by atoms with van der Waals surface area (Å²) in [6.45, 7) is 5.42. The maximum atomic E-state index is 12.5. The van der Waals surface area contributed by atoms with E-state index in [0.29, 0.717) is 11.3 Å². The Kier molecular flexibility index (Phi) is 5.56. The Balaban J connectivity index is 1.73. The zero-order valence-electron chi connectivity index (χ0n) is 15.8. The number of carbonyl (C=O) groups excluding carboxylic acids is 3. The molecule has 0 bridgehead atoms. The largest absolute Gasteiger partial charge is 0.508 e. The fourth-order valence-corrected chi connectivity index (χ4v) is 3.94. The van der Waals surface area contributed by atoms with Crippen molar-refractivity contribution in [2.75, 3.05) is 11.9 Å². The summed E-state index contributed by atoms with van der Waals surface area (Å²) >= 11 is 0.776. The molecule has 0 unspecified atom stereocenters. The first-order valence-electron chi connectivity index (χ1n) is 8.66. The Labute approximate surface area is 167 Å². The lowest BCUT2D eigenvalue weighted by atomic mass is 10.1. The Hall–Kier alpha value is -3.06. The fourth-order valence-electron chi connectivity index (χ4n) is 3.10. The highest BCUT2D eigenvalue weighted by Gasteiger charge is 2.36. The summed E-state index contributed by atoms with van der Waals surface area (Å²) < 4.78 is 0. The van der Waals surface area contributed by atoms with E-state index in [9.17, 15) is 19.5 Å². The quantitative estimate of drug-likeness (QED) is 0.763. The number of phenolic OH excluding ortho intramolecular Hbond substituents is 1. The molecule has 1 saturated heterocycles. The molecule has 2 aromatic carbocycles. The number of rotatable bonds is 4. The first-order chi connectivity index (χ1) is 13.2. The summed E-state index contributed by atoms with van der Waals surface area (Å²) in [7, 11) is 0. The number of phenols is 1. The number of nitrogens with one attached hydrogen (secondary N) is 1. The standard InChI is InChI=1S/C21H20N2O4S/c1-12-7-13(2)19(14(3)8-12)22-18(25)11-23-20(26)17(28-21(23)27)10-15-5-4-6-16(24)9-15/h4-10,24H,11H2,1-3H3,(H,22,25)/b17-10+. The Bertz CT molecular complexity index is 990. The van der Waals surface area contributed by atoms with Gasteiger partial charge in [0, 0.05) is 5.69 Å². The number of aryl methyl sites for hydroxylation is 3. The van der Waals surface area contributed by atoms with Crippen LogP contribution in [0.3, 0.4) is 0 Å². The van der Waals surface area contributed by atoms with Gasteiger partial charge in [0.15, 0.2) is 0 Å². The van der Waals surface area contributed by atoms with Crippen LogP contribution in [0.1, 0.15) is 22.3 Å². The van der Waals surface area contributed by atoms with Crippen molar-refractivity contribution in [1.82, 2.24) is 4.90 Å². The topological polar surface area (TPSA) is 86.7 Å². The third kappa shape index (κ3) is 4.26. The van der Waals surface area contributed by atoms with Crippen molar-refractivity contribution < 1.29 is 19.5 Å². The minimum atomic E-state index is -0.522. The van der Waals surface area contributed by atoms with Crippen LogP contribution in [0.5, 0.6) is 5.75 Å². The molecule has 6 nitrogen and oxygen atoms in total. The van der Waals surface area contributed by atoms with Gasteiger partial charge < -0.3 is 10.4 Å². The van der Waals surface area contributed by atoms with Crippen LogP contribution in [0.4, 0.5) is 10.5 Å². The van der Waals surface area contributed by atoms with Gasteiger partial charge in [-0.25, -0.2) is 0 Å². The van der Waals surface area contributed by atoms with Gasteiger partial charge in [0.2, 0.25) is 5.91 Å². The minimum absolute atomic E-state index is 0.0659. The van der Waals surface area contributed by atoms with Crippen LogP contribution < -0.4 is 5.32 Å². The van der Waals surface area contributed by atoms with E-state index in [4.69, 9.17) is 0 Å². The van der Waals surface area contributed by atoms with Crippen LogP contribution in [0.25, 0.3) is 6.08 Å². The molecular formula is C21H20N2O4S. The van der Waals surface area contributed by atoms with E-state index < -0.39 is 17.1 Å². The van der Waals surface area contributed by atoms with Gasteiger partial charge in [-0.1, -0.05) is 29.8 Å². The molecule has 144 valence electrons. The van der Waals surface area contributed by atoms with Crippen LogP contribution in [-0.2, 0) is 9.59 Å². The molecule has 1 aliphatic heterocycles. The molecule has 0 saturated carbocycles. The second kappa shape index (κ2) is 7.90. The highest BCUT2D eigenvalue weighted by Crippen LogP contribution is 2.32. The third-order valence-electron chi connectivity index (χ3n) is 4.28. The van der Waals surface area contributed by atoms with E-state index in [0.717, 1.165) is 33.4 Å². The Morgan fingerprint density at radius 1 is 1.14 bits per heavy atom. The number of anilines is 1. The molecule has 1 aliphatic rings. The molecule has 3 rings (SSSR count). The predicted molar refractivity (Wildman–Crippen MR) is 110 cm³/mol. The van der Waals surface area contributed by atoms with Gasteiger partial charge in [-0.05, 0) is 67.4 Å². The average molecular weight is 396 g/mol. The number of imide groups is 1. The maximum absolute atomic E-state index is 12.5. The number of thioether (sulfide) groups is 1. The number of nitrogens with zero attached hydrogens (tertiary/aromatic N) is 1. The molecule has 0 atom stereocenters. The second-order valence-electron chi connectivity index (χ2n) is 6.68. The lowest BCUT2D eigenvalue weighted by molar-refractivity contribution is -0.127. The van der Waals surface area contributed by atoms with Gasteiger partial charge in [0.05, 0.1) is 4.91 Å². The zero-order valence-corrected chi connectivity index (χ0v) is 16.6. The fraction of sp³-hybridized carbons (Fsp3) is 0.190. The van der Waals surface area contributed by atoms with E-state index in [1.807, 2.05) is 32.9 Å². The van der Waals surface area contributed by atoms with Crippen LogP contribution in [0.2, 0.25) is 0 Å². The first-order valence-corrected chi connectivity index (χ1v) is 9.48. The van der Waals surface area contributed by atoms with Gasteiger partial charge in [-0.3, -0.25) is 19.3 Å². The highest BCUT2D eigenvalue weighted by atomic mass is 32.2. The van der Waals surface area contributed by atoms with Crippen molar-refractivity contribution in [3.05, 3.63) is 63.6 Å². The van der Waals surface area contributed by atoms with E-state index in [-0.39, 0.29) is 17.2 Å². The van der Waals surface area contributed by atoms with Crippen molar-refractivity contribution in [2.45, 2.75) is 20.8 Å². The molecule has 2 N–H and O–H groups in total. The lowest BCUT2D eigenvalue weighted by Gasteiger charge is -2.15. The molecule has 0 aromatic heterocycles. The minimum Gasteiger partial charge on any atom is -0.508 e. The molecule has 0 radical (unpaired) electrons. The molecule has 28 heavy (non-hydrogen) atoms. The van der Waals surface area contributed by atoms with Crippen molar-refractivity contribution in [3.8, 4) is 5.75 Å². The lowest BCUT2D eigenvalue weighted by Crippen LogP contribution is -2.36. The summed E-state index contributed by atoms with van der Waals surface area (Å²) in [5, 5.41) is 11.8. The summed E-state index contributed by atoms with van der Waals surface area (Å²) in [6.07, 6.45) is 1.52. The summed E-state index contributed by atoms with van der Waals surface area (Å²) in [6, 6.07) is 10.3. The van der Waals surface area contributed by atoms with E-state index in [1.165, 1.54) is 18.2 Å². The van der Waals surface area contributed by atoms with Gasteiger partial charge >= 0.3 is 0 Å². The molecule has 0 spiro atoms. The monoisotopic (exact) mass is 396 g/mol. The van der Waals surface area contributed by atoms with E-state index in [1.54, 1.807) is 12.1 Å². The molecule has 7 heteroatoms. The number of carbonyl (C=O) groups is 3. The van der Waals surface area contributed by atoms with Gasteiger partial charge in [0.25, 0.3) is 11.1 Å². The number of benzene rings is 2. The van der Waals surface area contributed by atoms with Crippen molar-refractivity contribution >= 4 is 40.6 Å². The van der Waals surface area contributed by atoms with Crippen LogP contribution in [0.15, 0.2) is 41.3 Å². The van der Waals surface area contributed by atoms with Crippen molar-refractivity contribution in [3.63, 3.8) is 0 Å². The highest BCUT2D eigenvalue weighted by molar-refractivity contribution is 8.18. The van der Waals surface area contributed by atoms with E-state index >= 15 is 0 Å². The van der Waals surface area contributed by atoms with Gasteiger partial charge in [0.1, 0.15) is 12.3 Å². The van der Waals surface area contributed by atoms with Crippen LogP contribution in [0, 0.1) is 20.8 Å². The number of hydrogen-bond donors (Lipinski definition) is 2. The number of hydrogen-bond acceptors (Lipinski definition) is 5. The average Bonchev–Trinajstić information content (AvgIpc) is 2.85. The molecule has 1 fully saturated rings. The smallest absolute Gasteiger partial charge is 0.294 e. The van der Waals surface area contributed by atoms with E-state index in [2.05, 4.69) is 5.32 Å². The van der Waals surface area contributed by atoms with Gasteiger partial charge in [-0.2, -0.15) is 0 Å². The van der Waals surface area contributed by atoms with Gasteiger partial charge in [-0.15, -0.1) is 0 Å².